The Hall–Kier alpha value is -1.48. The number of amides is 1. The van der Waals surface area contributed by atoms with Crippen molar-refractivity contribution in [1.82, 2.24) is 14.9 Å². The molecule has 24 heavy (non-hydrogen) atoms. The first-order valence-corrected chi connectivity index (χ1v) is 9.75. The summed E-state index contributed by atoms with van der Waals surface area (Å²) in [5, 5.41) is 3.26. The van der Waals surface area contributed by atoms with E-state index in [-0.39, 0.29) is 16.8 Å². The molecule has 2 fully saturated rings. The van der Waals surface area contributed by atoms with Crippen molar-refractivity contribution in [3.05, 3.63) is 29.8 Å². The number of rotatable bonds is 4. The molecule has 2 aliphatic heterocycles. The van der Waals surface area contributed by atoms with Crippen LogP contribution < -0.4 is 10.0 Å². The molecule has 0 unspecified atom stereocenters. The molecule has 1 aromatic carbocycles. The molecule has 2 N–H and O–H groups in total. The molecule has 1 atom stereocenters. The molecule has 1 aromatic rings. The minimum absolute atomic E-state index is 0.0557. The lowest BCUT2D eigenvalue weighted by atomic mass is 10.2. The molecule has 8 heteroatoms. The van der Waals surface area contributed by atoms with Crippen LogP contribution in [0.1, 0.15) is 23.2 Å². The van der Waals surface area contributed by atoms with E-state index in [9.17, 15) is 13.2 Å². The highest BCUT2D eigenvalue weighted by molar-refractivity contribution is 7.89. The Morgan fingerprint density at radius 3 is 2.71 bits per heavy atom. The van der Waals surface area contributed by atoms with Crippen LogP contribution in [0, 0.1) is 0 Å². The van der Waals surface area contributed by atoms with E-state index in [2.05, 4.69) is 10.0 Å². The van der Waals surface area contributed by atoms with Crippen LogP contribution >= 0.6 is 0 Å². The number of carbonyl (C=O) groups is 1. The molecular formula is C16H23N3O4S. The Kier molecular flexibility index (Phi) is 5.50. The lowest BCUT2D eigenvalue weighted by molar-refractivity contribution is 0.0766. The van der Waals surface area contributed by atoms with Crippen LogP contribution in [-0.2, 0) is 14.8 Å². The van der Waals surface area contributed by atoms with Gasteiger partial charge in [-0.05, 0) is 43.7 Å². The number of sulfonamides is 1. The second kappa shape index (κ2) is 7.60. The number of hydrogen-bond donors (Lipinski definition) is 2. The largest absolute Gasteiger partial charge is 0.380 e. The number of hydrogen-bond acceptors (Lipinski definition) is 5. The molecule has 0 radical (unpaired) electrons. The number of nitrogens with one attached hydrogen (secondary N) is 2. The molecule has 2 heterocycles. The maximum absolute atomic E-state index is 12.5. The lowest BCUT2D eigenvalue weighted by Gasteiger charge is -2.20. The van der Waals surface area contributed by atoms with E-state index in [1.807, 2.05) is 0 Å². The molecule has 3 rings (SSSR count). The number of nitrogens with zero attached hydrogens (tertiary/aromatic N) is 1. The molecule has 0 bridgehead atoms. The van der Waals surface area contributed by atoms with Gasteiger partial charge in [0.05, 0.1) is 11.5 Å². The first kappa shape index (κ1) is 17.3. The molecule has 132 valence electrons. The monoisotopic (exact) mass is 353 g/mol. The highest BCUT2D eigenvalue weighted by atomic mass is 32.2. The summed E-state index contributed by atoms with van der Waals surface area (Å²) in [6.45, 7) is 4.06. The Balaban J connectivity index is 1.68. The summed E-state index contributed by atoms with van der Waals surface area (Å²) >= 11 is 0. The third-order valence-electron chi connectivity index (χ3n) is 4.29. The maximum atomic E-state index is 12.5. The van der Waals surface area contributed by atoms with Crippen molar-refractivity contribution in [3.8, 4) is 0 Å². The zero-order valence-corrected chi connectivity index (χ0v) is 14.3. The first-order valence-electron chi connectivity index (χ1n) is 8.26. The Bertz CT molecular complexity index is 661. The van der Waals surface area contributed by atoms with Gasteiger partial charge in [-0.25, -0.2) is 13.1 Å². The van der Waals surface area contributed by atoms with E-state index < -0.39 is 10.0 Å². The summed E-state index contributed by atoms with van der Waals surface area (Å²) in [6, 6.07) is 5.96. The van der Waals surface area contributed by atoms with Gasteiger partial charge >= 0.3 is 0 Å². The highest BCUT2D eigenvalue weighted by Crippen LogP contribution is 2.15. The Labute approximate surface area is 142 Å². The van der Waals surface area contributed by atoms with Crippen LogP contribution in [0.5, 0.6) is 0 Å². The molecule has 0 spiro atoms. The second-order valence-electron chi connectivity index (χ2n) is 6.10. The third kappa shape index (κ3) is 4.13. The van der Waals surface area contributed by atoms with E-state index in [0.29, 0.717) is 31.7 Å². The molecule has 0 aromatic heterocycles. The quantitative estimate of drug-likeness (QED) is 0.807. The van der Waals surface area contributed by atoms with E-state index in [1.165, 1.54) is 12.1 Å². The fourth-order valence-corrected chi connectivity index (χ4v) is 4.18. The zero-order chi connectivity index (χ0) is 17.0. The van der Waals surface area contributed by atoms with E-state index in [0.717, 1.165) is 26.1 Å². The van der Waals surface area contributed by atoms with E-state index >= 15 is 0 Å². The normalized spacial score (nSPS) is 22.3. The standard InChI is InChI=1S/C16H23N3O4S/c20-16(19-9-1-7-17-8-10-19)13-2-4-15(5-3-13)24(21,22)18-14-6-11-23-12-14/h2-5,14,17-18H,1,6-12H2/t14-/m1/s1. The molecule has 0 saturated carbocycles. The fraction of sp³-hybridized carbons (Fsp3) is 0.562. The topological polar surface area (TPSA) is 87.7 Å². The van der Waals surface area contributed by atoms with Crippen molar-refractivity contribution in [2.45, 2.75) is 23.8 Å². The van der Waals surface area contributed by atoms with Crippen molar-refractivity contribution >= 4 is 15.9 Å². The average Bonchev–Trinajstić information content (AvgIpc) is 2.93. The summed E-state index contributed by atoms with van der Waals surface area (Å²) in [6.07, 6.45) is 1.60. The highest BCUT2D eigenvalue weighted by Gasteiger charge is 2.24. The van der Waals surface area contributed by atoms with Crippen molar-refractivity contribution in [1.29, 1.82) is 0 Å². The minimum Gasteiger partial charge on any atom is -0.380 e. The van der Waals surface area contributed by atoms with Gasteiger partial charge in [0.15, 0.2) is 0 Å². The van der Waals surface area contributed by atoms with Crippen molar-refractivity contribution in [3.63, 3.8) is 0 Å². The van der Waals surface area contributed by atoms with Gasteiger partial charge in [-0.15, -0.1) is 0 Å². The SMILES string of the molecule is O=C(c1ccc(S(=O)(=O)N[C@@H]2CCOC2)cc1)N1CCCNCC1. The fourth-order valence-electron chi connectivity index (χ4n) is 2.92. The predicted octanol–water partition coefficient (Wildman–Crippen LogP) is 0.189. The van der Waals surface area contributed by atoms with Crippen LogP contribution in [0.4, 0.5) is 0 Å². The van der Waals surface area contributed by atoms with E-state index in [4.69, 9.17) is 4.74 Å². The van der Waals surface area contributed by atoms with Gasteiger partial charge in [0.1, 0.15) is 0 Å². The van der Waals surface area contributed by atoms with Crippen LogP contribution in [0.2, 0.25) is 0 Å². The smallest absolute Gasteiger partial charge is 0.253 e. The van der Waals surface area contributed by atoms with Crippen molar-refractivity contribution in [2.24, 2.45) is 0 Å². The van der Waals surface area contributed by atoms with Crippen molar-refractivity contribution in [2.75, 3.05) is 39.4 Å². The second-order valence-corrected chi connectivity index (χ2v) is 7.82. The van der Waals surface area contributed by atoms with Crippen LogP contribution in [0.3, 0.4) is 0 Å². The summed E-state index contributed by atoms with van der Waals surface area (Å²) in [7, 11) is -3.58. The molecule has 0 aliphatic carbocycles. The van der Waals surface area contributed by atoms with Crippen LogP contribution in [0.15, 0.2) is 29.2 Å². The summed E-state index contributed by atoms with van der Waals surface area (Å²) in [5.74, 6) is -0.0557. The van der Waals surface area contributed by atoms with Gasteiger partial charge in [0, 0.05) is 37.8 Å². The zero-order valence-electron chi connectivity index (χ0n) is 13.5. The van der Waals surface area contributed by atoms with Gasteiger partial charge in [-0.3, -0.25) is 4.79 Å². The minimum atomic E-state index is -3.58. The lowest BCUT2D eigenvalue weighted by Crippen LogP contribution is -2.35. The Morgan fingerprint density at radius 1 is 1.21 bits per heavy atom. The van der Waals surface area contributed by atoms with Gasteiger partial charge in [0.25, 0.3) is 5.91 Å². The predicted molar refractivity (Wildman–Crippen MR) is 89.4 cm³/mol. The third-order valence-corrected chi connectivity index (χ3v) is 5.83. The summed E-state index contributed by atoms with van der Waals surface area (Å²) < 4.78 is 32.5. The number of benzene rings is 1. The molecule has 2 aliphatic rings. The van der Waals surface area contributed by atoms with Gasteiger partial charge < -0.3 is 15.0 Å². The maximum Gasteiger partial charge on any atom is 0.253 e. The van der Waals surface area contributed by atoms with Crippen LogP contribution in [0.25, 0.3) is 0 Å². The van der Waals surface area contributed by atoms with Gasteiger partial charge in [0.2, 0.25) is 10.0 Å². The first-order chi connectivity index (χ1) is 11.6. The number of ether oxygens (including phenoxy) is 1. The van der Waals surface area contributed by atoms with E-state index in [1.54, 1.807) is 17.0 Å². The number of carbonyl (C=O) groups excluding carboxylic acids is 1. The molecule has 1 amide bonds. The summed E-state index contributed by atoms with van der Waals surface area (Å²) in [5.41, 5.74) is 0.514. The molecule has 7 nitrogen and oxygen atoms in total. The van der Waals surface area contributed by atoms with Crippen LogP contribution in [-0.4, -0.2) is 64.7 Å². The van der Waals surface area contributed by atoms with Crippen molar-refractivity contribution < 1.29 is 17.9 Å². The molecular weight excluding hydrogens is 330 g/mol. The Morgan fingerprint density at radius 2 is 2.00 bits per heavy atom. The summed E-state index contributed by atoms with van der Waals surface area (Å²) in [4.78, 5) is 14.5. The van der Waals surface area contributed by atoms with Gasteiger partial charge in [-0.2, -0.15) is 0 Å². The average molecular weight is 353 g/mol. The van der Waals surface area contributed by atoms with Gasteiger partial charge in [-0.1, -0.05) is 0 Å². The molecule has 2 saturated heterocycles.